The molecule has 234 valence electrons. The first kappa shape index (κ1) is 29.3. The number of rotatable bonds is 9. The van der Waals surface area contributed by atoms with Gasteiger partial charge >= 0.3 is 5.97 Å². The van der Waals surface area contributed by atoms with Crippen LogP contribution < -0.4 is 33.2 Å². The minimum absolute atomic E-state index is 0.0259. The van der Waals surface area contributed by atoms with E-state index in [-0.39, 0.29) is 18.0 Å². The molecule has 0 unspecified atom stereocenters. The summed E-state index contributed by atoms with van der Waals surface area (Å²) in [6.45, 7) is 1.09. The summed E-state index contributed by atoms with van der Waals surface area (Å²) < 4.78 is 40.7. The lowest BCUT2D eigenvalue weighted by Gasteiger charge is -2.28. The molecular weight excluding hydrogens is 588 g/mol. The Bertz CT molecular complexity index is 1890. The molecule has 0 radical (unpaired) electrons. The van der Waals surface area contributed by atoms with Crippen molar-refractivity contribution in [1.29, 1.82) is 0 Å². The van der Waals surface area contributed by atoms with E-state index < -0.39 is 11.9 Å². The van der Waals surface area contributed by atoms with E-state index in [1.54, 1.807) is 44.6 Å². The molecule has 0 fully saturated rings. The van der Waals surface area contributed by atoms with Crippen LogP contribution in [0.25, 0.3) is 6.08 Å². The van der Waals surface area contributed by atoms with Gasteiger partial charge in [-0.05, 0) is 47.5 Å². The Hall–Kier alpha value is -5.44. The van der Waals surface area contributed by atoms with E-state index in [1.807, 2.05) is 36.4 Å². The second-order valence-corrected chi connectivity index (χ2v) is 11.1. The van der Waals surface area contributed by atoms with Gasteiger partial charge in [0.05, 0.1) is 46.5 Å². The lowest BCUT2D eigenvalue weighted by atomic mass is 9.84. The highest BCUT2D eigenvalue weighted by Crippen LogP contribution is 2.52. The molecule has 3 aliphatic heterocycles. The number of hydrogen-bond acceptors (Lipinski definition) is 9. The van der Waals surface area contributed by atoms with Gasteiger partial charge in [0.15, 0.2) is 28.8 Å². The molecule has 0 bridgehead atoms. The summed E-state index contributed by atoms with van der Waals surface area (Å²) in [4.78, 5) is 26.6. The molecule has 0 N–H and O–H groups in total. The van der Waals surface area contributed by atoms with Crippen LogP contribution in [0, 0.1) is 0 Å². The van der Waals surface area contributed by atoms with Gasteiger partial charge in [0.25, 0.3) is 0 Å². The number of hydrogen-bond donors (Lipinski definition) is 0. The van der Waals surface area contributed by atoms with E-state index in [1.165, 1.54) is 12.7 Å². The van der Waals surface area contributed by atoms with Crippen LogP contribution in [0.5, 0.6) is 40.2 Å². The second kappa shape index (κ2) is 12.2. The summed E-state index contributed by atoms with van der Waals surface area (Å²) in [7, 11) is 4.67. The van der Waals surface area contributed by atoms with Crippen LogP contribution in [-0.2, 0) is 17.6 Å². The fourth-order valence-electron chi connectivity index (χ4n) is 6.33. The zero-order valence-corrected chi connectivity index (χ0v) is 25.7. The first-order valence-electron chi connectivity index (χ1n) is 15.1. The van der Waals surface area contributed by atoms with Crippen molar-refractivity contribution in [3.63, 3.8) is 0 Å². The molecule has 0 aliphatic carbocycles. The van der Waals surface area contributed by atoms with Crippen LogP contribution in [-0.4, -0.2) is 46.3 Å². The summed E-state index contributed by atoms with van der Waals surface area (Å²) in [6.07, 6.45) is 3.23. The molecule has 4 aromatic carbocycles. The second-order valence-electron chi connectivity index (χ2n) is 11.1. The van der Waals surface area contributed by atoms with Crippen molar-refractivity contribution in [3.8, 4) is 40.2 Å². The van der Waals surface area contributed by atoms with E-state index in [9.17, 15) is 9.59 Å². The third kappa shape index (κ3) is 5.17. The molecule has 4 aromatic rings. The van der Waals surface area contributed by atoms with Gasteiger partial charge in [0.1, 0.15) is 17.2 Å². The van der Waals surface area contributed by atoms with Crippen LogP contribution in [0.3, 0.4) is 0 Å². The van der Waals surface area contributed by atoms with Crippen LogP contribution in [0.1, 0.15) is 50.5 Å². The van der Waals surface area contributed by atoms with Gasteiger partial charge in [0, 0.05) is 35.4 Å². The predicted octanol–water partition coefficient (Wildman–Crippen LogP) is 6.33. The molecule has 46 heavy (non-hydrogen) atoms. The van der Waals surface area contributed by atoms with E-state index in [4.69, 9.17) is 33.2 Å². The van der Waals surface area contributed by atoms with Crippen molar-refractivity contribution in [1.82, 2.24) is 0 Å². The van der Waals surface area contributed by atoms with Crippen molar-refractivity contribution in [2.45, 2.75) is 25.2 Å². The highest BCUT2D eigenvalue weighted by molar-refractivity contribution is 6.15. The maximum absolute atomic E-state index is 13.6. The van der Waals surface area contributed by atoms with Gasteiger partial charge in [-0.25, -0.2) is 0 Å². The molecule has 7 rings (SSSR count). The van der Waals surface area contributed by atoms with E-state index in [0.717, 1.165) is 23.3 Å². The average Bonchev–Trinajstić information content (AvgIpc) is 3.67. The smallest absolute Gasteiger partial charge is 0.312 e. The molecule has 0 spiro atoms. The highest BCUT2D eigenvalue weighted by Gasteiger charge is 2.40. The number of esters is 1. The standard InChI is InChI=1S/C37H32O9/c1-40-29-8-4-6-23(35(29)42-3)19-31-34(39)25-11-13-28-33(37(25)46-31)26(20-32(38)45-28)24-7-5-9-30(41-2)36(24)44-16-14-21-10-12-27-22(18-21)15-17-43-27/h4-13,18-19,26H,14-17,20H2,1-3H3/b31-19-/t26-/m1/s1. The predicted molar refractivity (Wildman–Crippen MR) is 169 cm³/mol. The Kier molecular flexibility index (Phi) is 7.74. The lowest BCUT2D eigenvalue weighted by Crippen LogP contribution is -2.22. The number of fused-ring (bicyclic) bond motifs is 4. The maximum atomic E-state index is 13.6. The zero-order chi connectivity index (χ0) is 31.8. The number of carbonyl (C=O) groups excluding carboxylic acids is 2. The van der Waals surface area contributed by atoms with Crippen LogP contribution >= 0.6 is 0 Å². The van der Waals surface area contributed by atoms with Crippen molar-refractivity contribution in [2.24, 2.45) is 0 Å². The first-order valence-corrected chi connectivity index (χ1v) is 15.1. The summed E-state index contributed by atoms with van der Waals surface area (Å²) in [6, 6.07) is 20.5. The minimum atomic E-state index is -0.521. The number of allylic oxidation sites excluding steroid dienone is 1. The van der Waals surface area contributed by atoms with E-state index in [2.05, 4.69) is 6.07 Å². The number of para-hydroxylation sites is 2. The van der Waals surface area contributed by atoms with Crippen LogP contribution in [0.2, 0.25) is 0 Å². The third-order valence-corrected chi connectivity index (χ3v) is 8.50. The molecule has 0 saturated heterocycles. The van der Waals surface area contributed by atoms with Crippen molar-refractivity contribution >= 4 is 17.8 Å². The third-order valence-electron chi connectivity index (χ3n) is 8.50. The molecule has 0 amide bonds. The monoisotopic (exact) mass is 620 g/mol. The molecule has 0 saturated carbocycles. The van der Waals surface area contributed by atoms with Gasteiger partial charge in [-0.2, -0.15) is 0 Å². The van der Waals surface area contributed by atoms with E-state index >= 15 is 0 Å². The van der Waals surface area contributed by atoms with E-state index in [0.29, 0.717) is 70.8 Å². The first-order chi connectivity index (χ1) is 22.5. The quantitative estimate of drug-likeness (QED) is 0.121. The van der Waals surface area contributed by atoms with Gasteiger partial charge in [-0.1, -0.05) is 36.4 Å². The number of methoxy groups -OCH3 is 3. The SMILES string of the molecule is COc1cccc(/C=C2\Oc3c(ccc4c3[C@@H](c3cccc(OC)c3OCCc3ccc5c(c3)CCO5)CC(=O)O4)C2=O)c1OC. The Balaban J connectivity index is 1.24. The maximum Gasteiger partial charge on any atom is 0.312 e. The fraction of sp³-hybridized carbons (Fsp3) is 0.243. The molecule has 0 aromatic heterocycles. The van der Waals surface area contributed by atoms with Gasteiger partial charge in [0.2, 0.25) is 5.78 Å². The van der Waals surface area contributed by atoms with Crippen LogP contribution in [0.15, 0.2) is 72.5 Å². The van der Waals surface area contributed by atoms with Crippen LogP contribution in [0.4, 0.5) is 0 Å². The fourth-order valence-corrected chi connectivity index (χ4v) is 6.33. The Morgan fingerprint density at radius 1 is 0.848 bits per heavy atom. The van der Waals surface area contributed by atoms with Gasteiger partial charge < -0.3 is 33.2 Å². The summed E-state index contributed by atoms with van der Waals surface area (Å²) in [5.41, 5.74) is 4.67. The molecule has 3 heterocycles. The molecular formula is C37H32O9. The van der Waals surface area contributed by atoms with Gasteiger partial charge in [-0.3, -0.25) is 9.59 Å². The van der Waals surface area contributed by atoms with Crippen molar-refractivity contribution in [3.05, 3.63) is 106 Å². The minimum Gasteiger partial charge on any atom is -0.493 e. The van der Waals surface area contributed by atoms with Crippen molar-refractivity contribution in [2.75, 3.05) is 34.5 Å². The number of ketones is 1. The summed E-state index contributed by atoms with van der Waals surface area (Å²) >= 11 is 0. The average molecular weight is 621 g/mol. The largest absolute Gasteiger partial charge is 0.493 e. The highest BCUT2D eigenvalue weighted by atomic mass is 16.5. The van der Waals surface area contributed by atoms with Crippen molar-refractivity contribution < 1.29 is 42.7 Å². The number of ether oxygens (including phenoxy) is 7. The normalized spacial score (nSPS) is 16.9. The lowest BCUT2D eigenvalue weighted by molar-refractivity contribution is -0.135. The summed E-state index contributed by atoms with van der Waals surface area (Å²) in [5.74, 6) is 2.60. The Labute approximate surface area is 266 Å². The topological polar surface area (TPSA) is 98.8 Å². The molecule has 9 nitrogen and oxygen atoms in total. The molecule has 9 heteroatoms. The summed E-state index contributed by atoms with van der Waals surface area (Å²) in [5, 5.41) is 0. The molecule has 1 atom stereocenters. The Morgan fingerprint density at radius 2 is 1.63 bits per heavy atom. The number of carbonyl (C=O) groups is 2. The Morgan fingerprint density at radius 3 is 2.43 bits per heavy atom. The molecule has 3 aliphatic rings. The van der Waals surface area contributed by atoms with Gasteiger partial charge in [-0.15, -0.1) is 0 Å². The zero-order valence-electron chi connectivity index (χ0n) is 25.7. The number of Topliss-reactive ketones (excluding diaryl/α,β-unsaturated/α-hetero) is 1. The number of benzene rings is 4.